The number of aryl methyl sites for hydroxylation is 1. The van der Waals surface area contributed by atoms with Crippen molar-refractivity contribution in [2.24, 2.45) is 5.92 Å². The molecular formula is C33H59N6O18P2-. The first kappa shape index (κ1) is 50.9. The number of ether oxygens (including phenoxy) is 5. The Morgan fingerprint density at radius 3 is 2.03 bits per heavy atom. The van der Waals surface area contributed by atoms with Crippen LogP contribution in [0.5, 0.6) is 0 Å². The molecule has 2 amide bonds. The largest absolute Gasteiger partial charge is 0.784 e. The van der Waals surface area contributed by atoms with E-state index in [4.69, 9.17) is 39.2 Å². The van der Waals surface area contributed by atoms with E-state index in [9.17, 15) is 43.6 Å². The lowest BCUT2D eigenvalue weighted by Crippen LogP contribution is -2.59. The molecule has 4 atom stereocenters. The molecule has 0 radical (unpaired) electrons. The maximum absolute atomic E-state index is 12.6. The van der Waals surface area contributed by atoms with Gasteiger partial charge in [0.1, 0.15) is 24.1 Å². The molecule has 9 N–H and O–H groups in total. The number of aliphatic hydroxyl groups excluding tert-OH is 1. The van der Waals surface area contributed by atoms with Crippen LogP contribution in [-0.2, 0) is 57.9 Å². The second-order valence-corrected chi connectivity index (χ2v) is 17.6. The number of rotatable bonds is 26. The molecule has 2 aliphatic rings. The first-order chi connectivity index (χ1) is 27.5. The van der Waals surface area contributed by atoms with Crippen LogP contribution in [0.1, 0.15) is 65.2 Å². The predicted molar refractivity (Wildman–Crippen MR) is 206 cm³/mol. The highest BCUT2D eigenvalue weighted by atomic mass is 31.2. The highest BCUT2D eigenvalue weighted by molar-refractivity contribution is 7.46. The van der Waals surface area contributed by atoms with Gasteiger partial charge in [-0.05, 0) is 53.4 Å². The monoisotopic (exact) mass is 889 g/mol. The normalized spacial score (nSPS) is 22.4. The summed E-state index contributed by atoms with van der Waals surface area (Å²) >= 11 is 0. The number of piperidine rings is 1. The lowest BCUT2D eigenvalue weighted by molar-refractivity contribution is -0.131. The van der Waals surface area contributed by atoms with E-state index in [1.165, 1.54) is 6.20 Å². The van der Waals surface area contributed by atoms with Gasteiger partial charge in [0.15, 0.2) is 6.23 Å². The van der Waals surface area contributed by atoms with Crippen LogP contribution in [0.2, 0.25) is 0 Å². The summed E-state index contributed by atoms with van der Waals surface area (Å²) in [5, 5.41) is 29.9. The van der Waals surface area contributed by atoms with Gasteiger partial charge in [0.2, 0.25) is 11.8 Å². The number of phosphoric acid groups is 2. The zero-order valence-corrected chi connectivity index (χ0v) is 35.4. The minimum atomic E-state index is -5.24. The topological polar surface area (TPSA) is 345 Å². The van der Waals surface area contributed by atoms with E-state index < -0.39 is 63.6 Å². The molecule has 1 unspecified atom stereocenters. The van der Waals surface area contributed by atoms with Crippen molar-refractivity contribution >= 4 is 33.3 Å². The molecule has 2 saturated heterocycles. The third-order valence-corrected chi connectivity index (χ3v) is 10.4. The van der Waals surface area contributed by atoms with Crippen LogP contribution in [-0.4, -0.2) is 153 Å². The number of amides is 2. The number of aromatic nitrogens is 2. The van der Waals surface area contributed by atoms with Gasteiger partial charge in [-0.25, -0.2) is 13.9 Å². The van der Waals surface area contributed by atoms with Gasteiger partial charge in [0.05, 0.1) is 59.5 Å². The van der Waals surface area contributed by atoms with Crippen LogP contribution in [0.25, 0.3) is 0 Å². The standard InChI is InChI=1S/C33H59N6O18P2/c1-32(2)18-23(19-33(3,4)39(32)44)29(42)36-9-11-52-13-15-54-17-16-53-14-12-51-10-7-25(40)35-8-5-6-22-20-38(31(43)37-28(22)34)30-26(41)27(57-59(48,49)50)24(56-30)21-55-58(45,46)47/h20,23-24,26-27,30,41H,5-19,21H2,1-4H3,(H,35,40)(H,36,42)(H2,34,37,43)(H2,45,46,47)(H2,48,49,50)/q-1/t24-,26+,27?,30-/m1/s1. The maximum atomic E-state index is 12.6. The fraction of sp³-hybridized carbons (Fsp3) is 0.818. The molecular weight excluding hydrogens is 830 g/mol. The van der Waals surface area contributed by atoms with Gasteiger partial charge in [-0.15, -0.1) is 0 Å². The summed E-state index contributed by atoms with van der Waals surface area (Å²) < 4.78 is 59.7. The summed E-state index contributed by atoms with van der Waals surface area (Å²) in [6.45, 7) is 9.48. The lowest BCUT2D eigenvalue weighted by atomic mass is 9.75. The number of carbonyl (C=O) groups is 2. The van der Waals surface area contributed by atoms with Crippen molar-refractivity contribution in [2.45, 2.75) is 95.4 Å². The Kier molecular flexibility index (Phi) is 19.9. The maximum Gasteiger partial charge on any atom is 0.470 e. The number of carbonyl (C=O) groups excluding carboxylic acids is 2. The fourth-order valence-electron chi connectivity index (χ4n) is 6.80. The Morgan fingerprint density at radius 2 is 1.47 bits per heavy atom. The van der Waals surface area contributed by atoms with Crippen LogP contribution in [0.4, 0.5) is 5.82 Å². The van der Waals surface area contributed by atoms with E-state index in [2.05, 4.69) is 24.7 Å². The summed E-state index contributed by atoms with van der Waals surface area (Å²) in [5.74, 6) is -0.735. The molecule has 3 rings (SSSR count). The number of phosphoric ester groups is 2. The third kappa shape index (κ3) is 17.4. The number of nitrogens with zero attached hydrogens (tertiary/aromatic N) is 3. The second kappa shape index (κ2) is 23.1. The molecule has 1 aromatic heterocycles. The third-order valence-electron chi connectivity index (χ3n) is 9.35. The number of nitrogens with one attached hydrogen (secondary N) is 2. The minimum Gasteiger partial charge on any atom is -0.784 e. The van der Waals surface area contributed by atoms with E-state index in [1.807, 2.05) is 27.7 Å². The van der Waals surface area contributed by atoms with E-state index in [-0.39, 0.29) is 56.2 Å². The van der Waals surface area contributed by atoms with Crippen LogP contribution in [0.15, 0.2) is 11.0 Å². The SMILES string of the molecule is CC1(C)CC(C(=O)NCCOCCOCCOCCOCCC(=O)NCCCc2cn([C@@H]3O[C@H](COP(=O)(O)O)C(OP(=O)(O)O)[C@@H]3O)c(=O)nc2N)CC(C)(C)N1[O-]. The second-order valence-electron chi connectivity index (χ2n) is 15.2. The fourth-order valence-corrected chi connectivity index (χ4v) is 7.72. The van der Waals surface area contributed by atoms with Gasteiger partial charge in [-0.3, -0.25) is 23.2 Å². The van der Waals surface area contributed by atoms with Crippen LogP contribution in [0, 0.1) is 11.1 Å². The van der Waals surface area contributed by atoms with Crippen molar-refractivity contribution in [3.63, 3.8) is 0 Å². The highest BCUT2D eigenvalue weighted by Crippen LogP contribution is 2.45. The van der Waals surface area contributed by atoms with Gasteiger partial charge in [-0.1, -0.05) is 0 Å². The summed E-state index contributed by atoms with van der Waals surface area (Å²) in [6.07, 6.45) is -4.21. The van der Waals surface area contributed by atoms with Gasteiger partial charge in [-0.2, -0.15) is 4.98 Å². The molecule has 0 aliphatic carbocycles. The summed E-state index contributed by atoms with van der Waals surface area (Å²) in [5.41, 5.74) is 3.98. The smallest absolute Gasteiger partial charge is 0.470 e. The first-order valence-electron chi connectivity index (χ1n) is 19.0. The predicted octanol–water partition coefficient (Wildman–Crippen LogP) is -0.940. The molecule has 0 bridgehead atoms. The molecule has 2 aliphatic heterocycles. The molecule has 2 fully saturated rings. The Morgan fingerprint density at radius 1 is 0.915 bits per heavy atom. The van der Waals surface area contributed by atoms with Crippen molar-refractivity contribution in [1.29, 1.82) is 0 Å². The highest BCUT2D eigenvalue weighted by Gasteiger charge is 2.49. The Bertz CT molecular complexity index is 1640. The van der Waals surface area contributed by atoms with E-state index in [1.54, 1.807) is 0 Å². The number of anilines is 1. The molecule has 59 heavy (non-hydrogen) atoms. The summed E-state index contributed by atoms with van der Waals surface area (Å²) in [6, 6.07) is 0. The number of hydrogen-bond donors (Lipinski definition) is 8. The van der Waals surface area contributed by atoms with Crippen molar-refractivity contribution in [3.8, 4) is 0 Å². The van der Waals surface area contributed by atoms with Crippen LogP contribution < -0.4 is 22.1 Å². The van der Waals surface area contributed by atoms with Gasteiger partial charge >= 0.3 is 21.3 Å². The first-order valence-corrected chi connectivity index (χ1v) is 22.0. The summed E-state index contributed by atoms with van der Waals surface area (Å²) in [7, 11) is -10.3. The Hall–Kier alpha value is -2.48. The zero-order valence-electron chi connectivity index (χ0n) is 33.6. The van der Waals surface area contributed by atoms with Gasteiger partial charge in [0.25, 0.3) is 0 Å². The molecule has 0 aromatic carbocycles. The molecule has 1 aromatic rings. The summed E-state index contributed by atoms with van der Waals surface area (Å²) in [4.78, 5) is 77.8. The van der Waals surface area contributed by atoms with E-state index in [0.29, 0.717) is 71.0 Å². The van der Waals surface area contributed by atoms with Crippen molar-refractivity contribution < 1.29 is 76.1 Å². The lowest BCUT2D eigenvalue weighted by Gasteiger charge is -2.59. The van der Waals surface area contributed by atoms with Crippen LogP contribution >= 0.6 is 15.6 Å². The molecule has 26 heteroatoms. The number of aliphatic hydroxyl groups is 1. The molecule has 340 valence electrons. The molecule has 0 spiro atoms. The van der Waals surface area contributed by atoms with E-state index >= 15 is 0 Å². The van der Waals surface area contributed by atoms with Gasteiger partial charge in [0, 0.05) is 48.3 Å². The molecule has 24 nitrogen and oxygen atoms in total. The minimum absolute atomic E-state index is 0.0720. The van der Waals surface area contributed by atoms with Crippen molar-refractivity contribution in [3.05, 3.63) is 27.5 Å². The number of nitrogen functional groups attached to an aromatic ring is 1. The van der Waals surface area contributed by atoms with E-state index in [0.717, 1.165) is 9.63 Å². The number of hydrogen-bond acceptors (Lipinski definition) is 17. The Balaban J connectivity index is 1.22. The number of nitrogens with two attached hydrogens (primary N) is 1. The molecule has 0 saturated carbocycles. The number of hydroxylamine groups is 2. The zero-order chi connectivity index (χ0) is 44.0. The van der Waals surface area contributed by atoms with Crippen molar-refractivity contribution in [2.75, 3.05) is 78.3 Å². The quantitative estimate of drug-likeness (QED) is 0.0411. The van der Waals surface area contributed by atoms with Crippen LogP contribution in [0.3, 0.4) is 0 Å². The average molecular weight is 890 g/mol. The average Bonchev–Trinajstić information content (AvgIpc) is 3.42. The van der Waals surface area contributed by atoms with Gasteiger partial charge < -0.3 is 75.0 Å². The Labute approximate surface area is 341 Å². The van der Waals surface area contributed by atoms with Crippen molar-refractivity contribution in [1.82, 2.24) is 25.2 Å². The molecule has 3 heterocycles.